The molecule has 0 aliphatic carbocycles. The third-order valence-electron chi connectivity index (χ3n) is 3.52. The number of hydrogen-bond donors (Lipinski definition) is 1. The van der Waals surface area contributed by atoms with Crippen LogP contribution >= 0.6 is 22.6 Å². The number of unbranched alkanes of at least 4 members (excludes halogenated alkanes) is 1. The van der Waals surface area contributed by atoms with E-state index in [-0.39, 0.29) is 6.61 Å². The summed E-state index contributed by atoms with van der Waals surface area (Å²) in [5.41, 5.74) is 0.768. The standard InChI is InChI=1S/C16H25IO3/c1-4-6-7-12(5-2)11-20-16-8-13(10-18)15(19-3)9-14(16)17/h8-9,12,18H,4-7,10-11H2,1-3H3. The van der Waals surface area contributed by atoms with Crippen molar-refractivity contribution in [2.24, 2.45) is 5.92 Å². The van der Waals surface area contributed by atoms with E-state index < -0.39 is 0 Å². The zero-order chi connectivity index (χ0) is 15.0. The molecule has 114 valence electrons. The molecule has 0 spiro atoms. The highest BCUT2D eigenvalue weighted by Gasteiger charge is 2.12. The van der Waals surface area contributed by atoms with Crippen molar-refractivity contribution >= 4 is 22.6 Å². The maximum absolute atomic E-state index is 9.37. The fraction of sp³-hybridized carbons (Fsp3) is 0.625. The molecular weight excluding hydrogens is 367 g/mol. The monoisotopic (exact) mass is 392 g/mol. The summed E-state index contributed by atoms with van der Waals surface area (Å²) in [6, 6.07) is 3.79. The van der Waals surface area contributed by atoms with Crippen molar-refractivity contribution in [3.8, 4) is 11.5 Å². The molecular formula is C16H25IO3. The molecule has 1 aromatic carbocycles. The third-order valence-corrected chi connectivity index (χ3v) is 4.37. The van der Waals surface area contributed by atoms with Crippen LogP contribution in [0.1, 0.15) is 45.1 Å². The molecule has 1 unspecified atom stereocenters. The van der Waals surface area contributed by atoms with Crippen LogP contribution in [0.4, 0.5) is 0 Å². The van der Waals surface area contributed by atoms with Crippen LogP contribution in [0.15, 0.2) is 12.1 Å². The van der Waals surface area contributed by atoms with Crippen LogP contribution in [0.3, 0.4) is 0 Å². The van der Waals surface area contributed by atoms with Crippen LogP contribution < -0.4 is 9.47 Å². The van der Waals surface area contributed by atoms with E-state index in [4.69, 9.17) is 9.47 Å². The zero-order valence-corrected chi connectivity index (χ0v) is 14.8. The van der Waals surface area contributed by atoms with E-state index in [1.54, 1.807) is 7.11 Å². The number of hydrogen-bond acceptors (Lipinski definition) is 3. The Labute approximate surface area is 135 Å². The van der Waals surface area contributed by atoms with Crippen molar-refractivity contribution in [1.29, 1.82) is 0 Å². The minimum atomic E-state index is -0.0382. The van der Waals surface area contributed by atoms with Crippen LogP contribution in [-0.2, 0) is 6.61 Å². The normalized spacial score (nSPS) is 12.2. The molecule has 0 bridgehead atoms. The van der Waals surface area contributed by atoms with Gasteiger partial charge < -0.3 is 14.6 Å². The van der Waals surface area contributed by atoms with Crippen LogP contribution in [0.25, 0.3) is 0 Å². The Hall–Kier alpha value is -0.490. The molecule has 1 aromatic rings. The Balaban J connectivity index is 2.71. The minimum absolute atomic E-state index is 0.0382. The molecule has 4 heteroatoms. The van der Waals surface area contributed by atoms with E-state index in [2.05, 4.69) is 36.4 Å². The average molecular weight is 392 g/mol. The molecule has 3 nitrogen and oxygen atoms in total. The predicted octanol–water partition coefficient (Wildman–Crippen LogP) is 4.39. The quantitative estimate of drug-likeness (QED) is 0.634. The van der Waals surface area contributed by atoms with E-state index in [1.807, 2.05) is 12.1 Å². The summed E-state index contributed by atoms with van der Waals surface area (Å²) in [5, 5.41) is 9.37. The number of benzene rings is 1. The minimum Gasteiger partial charge on any atom is -0.496 e. The molecule has 1 N–H and O–H groups in total. The maximum Gasteiger partial charge on any atom is 0.133 e. The highest BCUT2D eigenvalue weighted by molar-refractivity contribution is 14.1. The highest BCUT2D eigenvalue weighted by Crippen LogP contribution is 2.30. The van der Waals surface area contributed by atoms with Gasteiger partial charge >= 0.3 is 0 Å². The molecule has 0 aliphatic rings. The van der Waals surface area contributed by atoms with Gasteiger partial charge in [-0.15, -0.1) is 0 Å². The van der Waals surface area contributed by atoms with Gasteiger partial charge in [0.05, 0.1) is 23.9 Å². The lowest BCUT2D eigenvalue weighted by molar-refractivity contribution is 0.229. The van der Waals surface area contributed by atoms with Gasteiger partial charge in [0.2, 0.25) is 0 Å². The summed E-state index contributed by atoms with van der Waals surface area (Å²) >= 11 is 2.24. The van der Waals surface area contributed by atoms with E-state index >= 15 is 0 Å². The molecule has 0 saturated carbocycles. The molecule has 0 radical (unpaired) electrons. The first kappa shape index (κ1) is 17.6. The molecule has 20 heavy (non-hydrogen) atoms. The average Bonchev–Trinajstić information content (AvgIpc) is 2.48. The lowest BCUT2D eigenvalue weighted by atomic mass is 10.0. The summed E-state index contributed by atoms with van der Waals surface area (Å²) in [4.78, 5) is 0. The van der Waals surface area contributed by atoms with Crippen molar-refractivity contribution in [1.82, 2.24) is 0 Å². The van der Waals surface area contributed by atoms with Crippen molar-refractivity contribution in [3.63, 3.8) is 0 Å². The van der Waals surface area contributed by atoms with Gasteiger partial charge in [0, 0.05) is 5.56 Å². The number of halogens is 1. The van der Waals surface area contributed by atoms with Gasteiger partial charge in [-0.3, -0.25) is 0 Å². The Kier molecular flexibility index (Phi) is 8.30. The highest BCUT2D eigenvalue weighted by atomic mass is 127. The Morgan fingerprint density at radius 1 is 1.25 bits per heavy atom. The topological polar surface area (TPSA) is 38.7 Å². The van der Waals surface area contributed by atoms with Gasteiger partial charge in [0.15, 0.2) is 0 Å². The first-order chi connectivity index (χ1) is 9.65. The smallest absolute Gasteiger partial charge is 0.133 e. The molecule has 1 atom stereocenters. The number of ether oxygens (including phenoxy) is 2. The van der Waals surface area contributed by atoms with Gasteiger partial charge in [-0.25, -0.2) is 0 Å². The van der Waals surface area contributed by atoms with Crippen molar-refractivity contribution in [2.45, 2.75) is 46.1 Å². The molecule has 0 aliphatic heterocycles. The molecule has 0 aromatic heterocycles. The molecule has 0 saturated heterocycles. The van der Waals surface area contributed by atoms with E-state index in [0.29, 0.717) is 11.7 Å². The SMILES string of the molecule is CCCCC(CC)COc1cc(CO)c(OC)cc1I. The Morgan fingerprint density at radius 3 is 2.55 bits per heavy atom. The lowest BCUT2D eigenvalue weighted by Gasteiger charge is -2.17. The number of methoxy groups -OCH3 is 1. The zero-order valence-electron chi connectivity index (χ0n) is 12.6. The van der Waals surface area contributed by atoms with Gasteiger partial charge in [-0.2, -0.15) is 0 Å². The fourth-order valence-electron chi connectivity index (χ4n) is 2.11. The molecule has 1 rings (SSSR count). The van der Waals surface area contributed by atoms with Gasteiger partial charge in [-0.05, 0) is 47.1 Å². The lowest BCUT2D eigenvalue weighted by Crippen LogP contribution is -2.12. The fourth-order valence-corrected chi connectivity index (χ4v) is 2.70. The van der Waals surface area contributed by atoms with Crippen molar-refractivity contribution < 1.29 is 14.6 Å². The number of rotatable bonds is 9. The third kappa shape index (κ3) is 5.13. The first-order valence-electron chi connectivity index (χ1n) is 7.26. The van der Waals surface area contributed by atoms with Crippen molar-refractivity contribution in [3.05, 3.63) is 21.3 Å². The molecule has 0 fully saturated rings. The van der Waals surface area contributed by atoms with Crippen LogP contribution in [0.2, 0.25) is 0 Å². The largest absolute Gasteiger partial charge is 0.496 e. The van der Waals surface area contributed by atoms with Crippen LogP contribution in [0, 0.1) is 9.49 Å². The predicted molar refractivity (Wildman–Crippen MR) is 90.4 cm³/mol. The summed E-state index contributed by atoms with van der Waals surface area (Å²) in [6.45, 7) is 5.13. The number of aliphatic hydroxyl groups is 1. The van der Waals surface area contributed by atoms with Gasteiger partial charge in [0.1, 0.15) is 11.5 Å². The van der Waals surface area contributed by atoms with Crippen LogP contribution in [-0.4, -0.2) is 18.8 Å². The Morgan fingerprint density at radius 2 is 2.00 bits per heavy atom. The van der Waals surface area contributed by atoms with E-state index in [0.717, 1.165) is 27.9 Å². The van der Waals surface area contributed by atoms with Crippen molar-refractivity contribution in [2.75, 3.05) is 13.7 Å². The summed E-state index contributed by atoms with van der Waals surface area (Å²) in [6.07, 6.45) is 4.83. The van der Waals surface area contributed by atoms with Crippen LogP contribution in [0.5, 0.6) is 11.5 Å². The molecule has 0 heterocycles. The summed E-state index contributed by atoms with van der Waals surface area (Å²) in [7, 11) is 1.61. The second-order valence-electron chi connectivity index (χ2n) is 4.98. The van der Waals surface area contributed by atoms with Gasteiger partial charge in [-0.1, -0.05) is 33.1 Å². The molecule has 0 amide bonds. The van der Waals surface area contributed by atoms with E-state index in [1.165, 1.54) is 19.3 Å². The second kappa shape index (κ2) is 9.45. The number of aliphatic hydroxyl groups excluding tert-OH is 1. The second-order valence-corrected chi connectivity index (χ2v) is 6.14. The summed E-state index contributed by atoms with van der Waals surface area (Å²) < 4.78 is 12.2. The Bertz CT molecular complexity index is 407. The van der Waals surface area contributed by atoms with Gasteiger partial charge in [0.25, 0.3) is 0 Å². The maximum atomic E-state index is 9.37. The van der Waals surface area contributed by atoms with E-state index in [9.17, 15) is 5.11 Å². The first-order valence-corrected chi connectivity index (χ1v) is 8.34. The summed E-state index contributed by atoms with van der Waals surface area (Å²) in [5.74, 6) is 2.15.